The van der Waals surface area contributed by atoms with Crippen LogP contribution in [-0.4, -0.2) is 42.2 Å². The lowest BCUT2D eigenvalue weighted by molar-refractivity contribution is 0.253. The van der Waals surface area contributed by atoms with Gasteiger partial charge in [0.2, 0.25) is 0 Å². The molecule has 2 heterocycles. The van der Waals surface area contributed by atoms with Crippen LogP contribution in [-0.2, 0) is 13.5 Å². The summed E-state index contributed by atoms with van der Waals surface area (Å²) < 4.78 is 19.9. The Hall–Kier alpha value is -2.60. The molecule has 1 fully saturated rings. The number of hydrogen-bond donors (Lipinski definition) is 0. The molecule has 0 bridgehead atoms. The summed E-state index contributed by atoms with van der Waals surface area (Å²) >= 11 is 0. The Morgan fingerprint density at radius 1 is 1.00 bits per heavy atom. The number of benzene rings is 2. The van der Waals surface area contributed by atoms with Gasteiger partial charge in [0.25, 0.3) is 0 Å². The van der Waals surface area contributed by atoms with Crippen LogP contribution in [0.5, 0.6) is 0 Å². The van der Waals surface area contributed by atoms with E-state index in [1.807, 2.05) is 24.3 Å². The van der Waals surface area contributed by atoms with Crippen LogP contribution in [0.1, 0.15) is 18.4 Å². The topological polar surface area (TPSA) is 41.6 Å². The number of anilines is 1. The molecule has 4 rings (SSSR count). The van der Waals surface area contributed by atoms with Crippen LogP contribution in [0.25, 0.3) is 11.1 Å². The maximum absolute atomic E-state index is 13.1. The summed E-state index contributed by atoms with van der Waals surface area (Å²) in [7, 11) is 1.73. The van der Waals surface area contributed by atoms with Gasteiger partial charge in [0.05, 0.1) is 5.52 Å². The van der Waals surface area contributed by atoms with Gasteiger partial charge < -0.3 is 9.32 Å². The number of hydrogen-bond acceptors (Lipinski definition) is 4. The lowest BCUT2D eigenvalue weighted by Crippen LogP contribution is -2.46. The van der Waals surface area contributed by atoms with Crippen molar-refractivity contribution in [3.63, 3.8) is 0 Å². The van der Waals surface area contributed by atoms with Gasteiger partial charge in [0, 0.05) is 38.9 Å². The van der Waals surface area contributed by atoms with E-state index in [2.05, 4.69) is 15.9 Å². The molecule has 0 saturated carbocycles. The van der Waals surface area contributed by atoms with E-state index < -0.39 is 0 Å². The first kappa shape index (κ1) is 18.7. The van der Waals surface area contributed by atoms with Crippen LogP contribution >= 0.6 is 0 Å². The number of oxazole rings is 1. The molecular weight excluding hydrogens is 357 g/mol. The Balaban J connectivity index is 1.21. The molecule has 0 aliphatic carbocycles. The highest BCUT2D eigenvalue weighted by Crippen LogP contribution is 2.18. The zero-order valence-corrected chi connectivity index (χ0v) is 16.2. The lowest BCUT2D eigenvalue weighted by atomic mass is 10.1. The Labute approximate surface area is 164 Å². The summed E-state index contributed by atoms with van der Waals surface area (Å²) in [6, 6.07) is 12.8. The van der Waals surface area contributed by atoms with Crippen LogP contribution < -0.4 is 10.7 Å². The van der Waals surface area contributed by atoms with Crippen LogP contribution in [0.4, 0.5) is 10.1 Å². The van der Waals surface area contributed by atoms with Crippen molar-refractivity contribution >= 4 is 16.8 Å². The van der Waals surface area contributed by atoms with Gasteiger partial charge in [0.1, 0.15) is 5.82 Å². The quantitative estimate of drug-likeness (QED) is 0.612. The highest BCUT2D eigenvalue weighted by molar-refractivity contribution is 5.73. The second-order valence-electron chi connectivity index (χ2n) is 7.49. The number of unbranched alkanes of at least 4 members (excludes halogenated alkanes) is 1. The number of piperazine rings is 1. The van der Waals surface area contributed by atoms with Crippen LogP contribution in [0, 0.1) is 5.82 Å². The third-order valence-electron chi connectivity index (χ3n) is 5.61. The lowest BCUT2D eigenvalue weighted by Gasteiger charge is -2.36. The summed E-state index contributed by atoms with van der Waals surface area (Å²) in [5.41, 5.74) is 3.82. The van der Waals surface area contributed by atoms with Gasteiger partial charge in [-0.1, -0.05) is 6.07 Å². The Morgan fingerprint density at radius 2 is 1.75 bits per heavy atom. The summed E-state index contributed by atoms with van der Waals surface area (Å²) in [5.74, 6) is -0.497. The molecule has 3 aromatic rings. The van der Waals surface area contributed by atoms with E-state index >= 15 is 0 Å². The number of fused-ring (bicyclic) bond motifs is 1. The van der Waals surface area contributed by atoms with E-state index in [-0.39, 0.29) is 11.6 Å². The van der Waals surface area contributed by atoms with Crippen LogP contribution in [0.2, 0.25) is 0 Å². The molecule has 5 nitrogen and oxygen atoms in total. The van der Waals surface area contributed by atoms with Crippen molar-refractivity contribution in [3.8, 4) is 0 Å². The molecule has 0 atom stereocenters. The summed E-state index contributed by atoms with van der Waals surface area (Å²) in [6.07, 6.45) is 3.25. The first-order chi connectivity index (χ1) is 13.6. The van der Waals surface area contributed by atoms with Gasteiger partial charge in [-0.05, 0) is 67.8 Å². The van der Waals surface area contributed by atoms with Crippen molar-refractivity contribution < 1.29 is 8.81 Å². The van der Waals surface area contributed by atoms with Gasteiger partial charge in [0.15, 0.2) is 5.58 Å². The van der Waals surface area contributed by atoms with Crippen molar-refractivity contribution in [1.82, 2.24) is 9.47 Å². The largest absolute Gasteiger partial charge is 0.419 e. The van der Waals surface area contributed by atoms with E-state index in [0.717, 1.165) is 63.2 Å². The molecule has 0 N–H and O–H groups in total. The highest BCUT2D eigenvalue weighted by atomic mass is 19.1. The third kappa shape index (κ3) is 4.12. The monoisotopic (exact) mass is 383 g/mol. The normalized spacial score (nSPS) is 15.4. The van der Waals surface area contributed by atoms with Gasteiger partial charge in [-0.2, -0.15) is 0 Å². The minimum absolute atomic E-state index is 0.184. The van der Waals surface area contributed by atoms with Gasteiger partial charge in [-0.25, -0.2) is 9.18 Å². The number of aromatic nitrogens is 1. The molecule has 0 amide bonds. The SMILES string of the molecule is Cn1c(=O)oc2cc(CCCCN3CCN(c4ccc(F)cc4)CC3)ccc21. The Bertz CT molecular complexity index is 985. The zero-order valence-electron chi connectivity index (χ0n) is 16.2. The average molecular weight is 383 g/mol. The molecule has 0 spiro atoms. The molecular formula is C22H26FN3O2. The molecule has 2 aromatic carbocycles. The highest BCUT2D eigenvalue weighted by Gasteiger charge is 2.16. The smallest absolute Gasteiger partial charge is 0.408 e. The minimum atomic E-state index is -0.313. The average Bonchev–Trinajstić information content (AvgIpc) is 3.00. The summed E-state index contributed by atoms with van der Waals surface area (Å²) in [6.45, 7) is 5.14. The molecule has 1 aromatic heterocycles. The molecule has 1 saturated heterocycles. The fourth-order valence-electron chi connectivity index (χ4n) is 3.88. The van der Waals surface area contributed by atoms with Gasteiger partial charge >= 0.3 is 5.76 Å². The fourth-order valence-corrected chi connectivity index (χ4v) is 3.88. The van der Waals surface area contributed by atoms with Crippen molar-refractivity contribution in [2.24, 2.45) is 7.05 Å². The fraction of sp³-hybridized carbons (Fsp3) is 0.409. The molecule has 0 radical (unpaired) electrons. The van der Waals surface area contributed by atoms with E-state index in [4.69, 9.17) is 4.42 Å². The van der Waals surface area contributed by atoms with Crippen LogP contribution in [0.3, 0.4) is 0 Å². The summed E-state index contributed by atoms with van der Waals surface area (Å²) in [4.78, 5) is 16.4. The predicted molar refractivity (Wildman–Crippen MR) is 109 cm³/mol. The Morgan fingerprint density at radius 3 is 2.50 bits per heavy atom. The molecule has 28 heavy (non-hydrogen) atoms. The molecule has 148 valence electrons. The van der Waals surface area contributed by atoms with Crippen molar-refractivity contribution in [3.05, 3.63) is 64.4 Å². The maximum atomic E-state index is 13.1. The van der Waals surface area contributed by atoms with Crippen molar-refractivity contribution in [2.45, 2.75) is 19.3 Å². The molecule has 0 unspecified atom stereocenters. The van der Waals surface area contributed by atoms with E-state index in [0.29, 0.717) is 5.58 Å². The van der Waals surface area contributed by atoms with Crippen molar-refractivity contribution in [2.75, 3.05) is 37.6 Å². The second-order valence-corrected chi connectivity index (χ2v) is 7.49. The van der Waals surface area contributed by atoms with E-state index in [1.165, 1.54) is 22.3 Å². The molecule has 6 heteroatoms. The van der Waals surface area contributed by atoms with Gasteiger partial charge in [-0.3, -0.25) is 9.47 Å². The Kier molecular flexibility index (Phi) is 5.48. The summed E-state index contributed by atoms with van der Waals surface area (Å²) in [5, 5.41) is 0. The third-order valence-corrected chi connectivity index (χ3v) is 5.61. The first-order valence-electron chi connectivity index (χ1n) is 9.91. The number of halogens is 1. The van der Waals surface area contributed by atoms with Crippen LogP contribution in [0.15, 0.2) is 51.7 Å². The van der Waals surface area contributed by atoms with Crippen molar-refractivity contribution in [1.29, 1.82) is 0 Å². The number of nitrogens with zero attached hydrogens (tertiary/aromatic N) is 3. The van der Waals surface area contributed by atoms with E-state index in [1.54, 1.807) is 7.05 Å². The minimum Gasteiger partial charge on any atom is -0.408 e. The number of rotatable bonds is 6. The zero-order chi connectivity index (χ0) is 19.5. The van der Waals surface area contributed by atoms with Gasteiger partial charge in [-0.15, -0.1) is 0 Å². The predicted octanol–water partition coefficient (Wildman–Crippen LogP) is 3.42. The standard InChI is InChI=1S/C22H26FN3O2/c1-24-20-10-5-17(16-21(20)28-22(24)27)4-2-3-11-25-12-14-26(15-13-25)19-8-6-18(23)7-9-19/h5-10,16H,2-4,11-15H2,1H3. The second kappa shape index (κ2) is 8.19. The first-order valence-corrected chi connectivity index (χ1v) is 9.91. The maximum Gasteiger partial charge on any atom is 0.419 e. The number of aryl methyl sites for hydroxylation is 2. The van der Waals surface area contributed by atoms with E-state index in [9.17, 15) is 9.18 Å². The molecule has 1 aliphatic rings. The molecule has 1 aliphatic heterocycles.